The normalized spacial score (nSPS) is 14.8. The number of aromatic amines is 1. The summed E-state index contributed by atoms with van der Waals surface area (Å²) in [4.78, 5) is 19.8. The molecule has 0 saturated heterocycles. The zero-order chi connectivity index (χ0) is 41.5. The Labute approximate surface area is 367 Å². The minimum Gasteiger partial charge on any atom is -0.657 e. The third kappa shape index (κ3) is 8.05. The Morgan fingerprint density at radius 3 is 1.33 bits per heavy atom. The molecule has 5 heterocycles. The number of H-pyrrole nitrogens is 1. The quantitative estimate of drug-likeness (QED) is 0.0892. The summed E-state index contributed by atoms with van der Waals surface area (Å²) in [5.41, 5.74) is 16.0. The maximum absolute atomic E-state index is 15.2. The number of hydrogen-bond acceptors (Lipinski definition) is 5. The maximum atomic E-state index is 15.2. The summed E-state index contributed by atoms with van der Waals surface area (Å²) in [5, 5.41) is 1.59. The fourth-order valence-corrected chi connectivity index (χ4v) is 9.61. The minimum atomic E-state index is -3.96. The molecule has 6 aromatic rings. The number of allylic oxidation sites excluding steroid dienone is 4. The van der Waals surface area contributed by atoms with Gasteiger partial charge in [0, 0.05) is 11.4 Å². The van der Waals surface area contributed by atoms with Gasteiger partial charge < -0.3 is 19.0 Å². The van der Waals surface area contributed by atoms with Crippen LogP contribution in [-0.2, 0) is 30.1 Å². The van der Waals surface area contributed by atoms with Crippen LogP contribution in [0.1, 0.15) is 69.6 Å². The standard InChI is InChI=1S/C52H45N4O3P.Ni/c1-7-58-60(57,59-8-2)52-40-31-47(56-52)51(39-23-15-35(6)16-24-39)46-30-29-45(55-46)50(38-21-13-34(5)14-22-38)44-28-27-43(54-44)49(37-19-11-33(4)12-20-37)42-26-25-41(53-42)48(40)36-17-9-32(3)10-18-36;/h9-30,56H,7-8H2,1-6H3;/q-2;+2. The van der Waals surface area contributed by atoms with Crippen LogP contribution >= 0.6 is 7.60 Å². The van der Waals surface area contributed by atoms with E-state index in [-0.39, 0.29) is 29.7 Å². The molecule has 3 aliphatic heterocycles. The van der Waals surface area contributed by atoms with E-state index < -0.39 is 7.60 Å². The van der Waals surface area contributed by atoms with Gasteiger partial charge in [0.05, 0.1) is 30.1 Å². The predicted octanol–water partition coefficient (Wildman–Crippen LogP) is 9.55. The third-order valence-electron chi connectivity index (χ3n) is 10.9. The second-order valence-electron chi connectivity index (χ2n) is 15.3. The van der Waals surface area contributed by atoms with E-state index in [2.05, 4.69) is 154 Å². The van der Waals surface area contributed by atoms with Gasteiger partial charge in [-0.3, -0.25) is 14.5 Å². The molecule has 0 aliphatic carbocycles. The van der Waals surface area contributed by atoms with Crippen molar-refractivity contribution in [1.82, 2.24) is 9.97 Å². The van der Waals surface area contributed by atoms with E-state index in [9.17, 15) is 0 Å². The van der Waals surface area contributed by atoms with Gasteiger partial charge in [-0.05, 0) is 99.4 Å². The van der Waals surface area contributed by atoms with Crippen molar-refractivity contribution in [3.8, 4) is 0 Å². The zero-order valence-corrected chi connectivity index (χ0v) is 36.8. The summed E-state index contributed by atoms with van der Waals surface area (Å²) in [6.07, 6.45) is 8.16. The predicted molar refractivity (Wildman–Crippen MR) is 244 cm³/mol. The summed E-state index contributed by atoms with van der Waals surface area (Å²) in [6, 6.07) is 41.5. The summed E-state index contributed by atoms with van der Waals surface area (Å²) >= 11 is 0. The van der Waals surface area contributed by atoms with Gasteiger partial charge in [-0.1, -0.05) is 148 Å². The van der Waals surface area contributed by atoms with Gasteiger partial charge in [-0.25, -0.2) is 0 Å². The molecule has 0 unspecified atom stereocenters. The van der Waals surface area contributed by atoms with Crippen LogP contribution in [0, 0.1) is 33.8 Å². The fraction of sp³-hybridized carbons (Fsp3) is 0.154. The van der Waals surface area contributed by atoms with Crippen LogP contribution in [0.25, 0.3) is 22.3 Å². The number of rotatable bonds is 9. The van der Waals surface area contributed by atoms with Crippen molar-refractivity contribution in [2.75, 3.05) is 13.2 Å². The van der Waals surface area contributed by atoms with Crippen molar-refractivity contribution >= 4 is 46.7 Å². The van der Waals surface area contributed by atoms with Gasteiger partial charge in [-0.2, -0.15) is 0 Å². The van der Waals surface area contributed by atoms with Gasteiger partial charge in [0.2, 0.25) is 0 Å². The number of fused-ring (bicyclic) bond motifs is 6. The van der Waals surface area contributed by atoms with E-state index in [1.807, 2.05) is 32.1 Å². The summed E-state index contributed by atoms with van der Waals surface area (Å²) in [6.45, 7) is 12.3. The molecule has 8 bridgehead atoms. The largest absolute Gasteiger partial charge is 2.00 e. The molecule has 0 radical (unpaired) electrons. The van der Waals surface area contributed by atoms with E-state index in [1.165, 1.54) is 0 Å². The minimum absolute atomic E-state index is 0. The van der Waals surface area contributed by atoms with Gasteiger partial charge in [0.25, 0.3) is 0 Å². The molecule has 7 nitrogen and oxygen atoms in total. The first-order valence-electron chi connectivity index (χ1n) is 20.4. The van der Waals surface area contributed by atoms with Crippen LogP contribution in [0.4, 0.5) is 0 Å². The Morgan fingerprint density at radius 2 is 0.918 bits per heavy atom. The van der Waals surface area contributed by atoms with Crippen molar-refractivity contribution in [1.29, 1.82) is 0 Å². The molecule has 9 rings (SSSR count). The SMILES string of the molecule is CCOP(=O)(OCC)c1[nH]c2[c-]c1C(c1ccc(C)cc1)=C1C=CC(=N1)C(c1ccc(C)cc1)=c1ccc([n-]1)=C(c1ccc(C)cc1)C1=NC(=C2c2ccc(C)cc2)C=C1.[Ni+2]. The summed E-state index contributed by atoms with van der Waals surface area (Å²) in [7, 11) is -3.96. The van der Waals surface area contributed by atoms with Crippen LogP contribution in [-0.4, -0.2) is 29.6 Å². The van der Waals surface area contributed by atoms with E-state index in [1.54, 1.807) is 0 Å². The molecule has 0 fully saturated rings. The zero-order valence-electron chi connectivity index (χ0n) is 34.9. The van der Waals surface area contributed by atoms with Gasteiger partial charge in [-0.15, -0.1) is 22.3 Å². The van der Waals surface area contributed by atoms with Crippen LogP contribution in [0.5, 0.6) is 0 Å². The topological polar surface area (TPSA) is 90.1 Å². The molecule has 0 saturated carbocycles. The van der Waals surface area contributed by atoms with Crippen molar-refractivity contribution in [2.45, 2.75) is 41.5 Å². The van der Waals surface area contributed by atoms with Crippen molar-refractivity contribution in [3.05, 3.63) is 217 Å². The molecule has 0 spiro atoms. The summed E-state index contributed by atoms with van der Waals surface area (Å²) < 4.78 is 27.4. The molecule has 61 heavy (non-hydrogen) atoms. The Bertz CT molecular complexity index is 3020. The Morgan fingerprint density at radius 1 is 0.541 bits per heavy atom. The van der Waals surface area contributed by atoms with Crippen LogP contribution in [0.3, 0.4) is 0 Å². The van der Waals surface area contributed by atoms with Gasteiger partial charge >= 0.3 is 24.1 Å². The molecular weight excluding hydrogens is 818 g/mol. The average Bonchev–Trinajstić information content (AvgIpc) is 4.08. The number of nitrogens with one attached hydrogen (secondary N) is 1. The Hall–Kier alpha value is -5.88. The van der Waals surface area contributed by atoms with E-state index in [0.717, 1.165) is 88.9 Å². The monoisotopic (exact) mass is 862 g/mol. The molecule has 3 aliphatic rings. The van der Waals surface area contributed by atoms with Crippen molar-refractivity contribution < 1.29 is 30.1 Å². The smallest absolute Gasteiger partial charge is 0.657 e. The molecule has 306 valence electrons. The Kier molecular flexibility index (Phi) is 11.8. The van der Waals surface area contributed by atoms with E-state index in [0.29, 0.717) is 28.1 Å². The number of nitrogens with zero attached hydrogens (tertiary/aromatic N) is 3. The summed E-state index contributed by atoms with van der Waals surface area (Å²) in [5.74, 6) is 0. The second kappa shape index (κ2) is 17.2. The Balaban J connectivity index is 0.00000514. The molecular formula is C52H45N4NiO3P. The van der Waals surface area contributed by atoms with E-state index in [4.69, 9.17) is 24.0 Å². The van der Waals surface area contributed by atoms with Crippen LogP contribution in [0.15, 0.2) is 155 Å². The average molecular weight is 864 g/mol. The maximum Gasteiger partial charge on any atom is 2.00 e. The first-order valence-corrected chi connectivity index (χ1v) is 21.9. The number of aryl methyl sites for hydroxylation is 4. The molecule has 9 heteroatoms. The number of aliphatic imine (C=N–C) groups is 2. The van der Waals surface area contributed by atoms with Crippen LogP contribution in [0.2, 0.25) is 0 Å². The van der Waals surface area contributed by atoms with Crippen molar-refractivity contribution in [2.24, 2.45) is 9.98 Å². The third-order valence-corrected chi connectivity index (χ3v) is 13.0. The fourth-order valence-electron chi connectivity index (χ4n) is 7.91. The van der Waals surface area contributed by atoms with E-state index >= 15 is 4.57 Å². The van der Waals surface area contributed by atoms with Crippen molar-refractivity contribution in [3.63, 3.8) is 0 Å². The first kappa shape index (κ1) is 41.8. The van der Waals surface area contributed by atoms with Gasteiger partial charge in [0.1, 0.15) is 0 Å². The molecule has 0 amide bonds. The second-order valence-corrected chi connectivity index (χ2v) is 17.3. The van der Waals surface area contributed by atoms with Gasteiger partial charge in [0.15, 0.2) is 0 Å². The number of benzene rings is 4. The van der Waals surface area contributed by atoms with Crippen LogP contribution < -0.4 is 21.1 Å². The number of hydrogen-bond donors (Lipinski definition) is 1. The molecule has 2 aromatic heterocycles. The molecule has 0 atom stereocenters. The molecule has 1 N–H and O–H groups in total. The first-order chi connectivity index (χ1) is 29.1. The number of aromatic nitrogens is 2. The molecule has 4 aromatic carbocycles.